The monoisotopic (exact) mass is 285 g/mol. The Hall–Kier alpha value is -1.11. The third-order valence-corrected chi connectivity index (χ3v) is 5.23. The van der Waals surface area contributed by atoms with Crippen LogP contribution in [0.2, 0.25) is 0 Å². The Morgan fingerprint density at radius 1 is 1.05 bits per heavy atom. The van der Waals surface area contributed by atoms with Gasteiger partial charge >= 0.3 is 0 Å². The standard InChI is InChI=1S/C13H23N3O2S/c1-4-15(5-2)19(17,18)16(6-3)11-12-8-7-9-13(14)10-12/h7-10H,4-6,11,14H2,1-3H3. The minimum atomic E-state index is -3.40. The van der Waals surface area contributed by atoms with Crippen LogP contribution in [0.3, 0.4) is 0 Å². The van der Waals surface area contributed by atoms with Gasteiger partial charge in [0.25, 0.3) is 10.2 Å². The molecule has 0 fully saturated rings. The van der Waals surface area contributed by atoms with Crippen molar-refractivity contribution in [2.24, 2.45) is 0 Å². The molecule has 108 valence electrons. The Morgan fingerprint density at radius 3 is 2.11 bits per heavy atom. The summed E-state index contributed by atoms with van der Waals surface area (Å²) in [4.78, 5) is 0. The number of hydrogen-bond donors (Lipinski definition) is 1. The molecule has 19 heavy (non-hydrogen) atoms. The highest BCUT2D eigenvalue weighted by Gasteiger charge is 2.26. The van der Waals surface area contributed by atoms with Gasteiger partial charge in [0.1, 0.15) is 0 Å². The Labute approximate surface area is 116 Å². The van der Waals surface area contributed by atoms with E-state index in [9.17, 15) is 8.42 Å². The topological polar surface area (TPSA) is 66.6 Å². The van der Waals surface area contributed by atoms with Crippen LogP contribution in [0.15, 0.2) is 24.3 Å². The molecule has 5 nitrogen and oxygen atoms in total. The zero-order valence-corrected chi connectivity index (χ0v) is 12.7. The molecule has 0 heterocycles. The molecule has 0 bridgehead atoms. The molecule has 0 aliphatic carbocycles. The van der Waals surface area contributed by atoms with Crippen LogP contribution in [-0.2, 0) is 16.8 Å². The van der Waals surface area contributed by atoms with Crippen LogP contribution in [0, 0.1) is 0 Å². The first-order valence-corrected chi connectivity index (χ1v) is 7.95. The minimum absolute atomic E-state index is 0.348. The Morgan fingerprint density at radius 2 is 1.63 bits per heavy atom. The van der Waals surface area contributed by atoms with Crippen molar-refractivity contribution in [1.29, 1.82) is 0 Å². The van der Waals surface area contributed by atoms with Crippen LogP contribution < -0.4 is 5.73 Å². The summed E-state index contributed by atoms with van der Waals surface area (Å²) in [6.07, 6.45) is 0. The fourth-order valence-corrected chi connectivity index (χ4v) is 3.58. The molecule has 2 N–H and O–H groups in total. The van der Waals surface area contributed by atoms with Crippen molar-refractivity contribution in [2.45, 2.75) is 27.3 Å². The zero-order valence-electron chi connectivity index (χ0n) is 11.8. The second kappa shape index (κ2) is 6.88. The lowest BCUT2D eigenvalue weighted by Gasteiger charge is -2.27. The number of hydrogen-bond acceptors (Lipinski definition) is 3. The van der Waals surface area contributed by atoms with E-state index in [0.717, 1.165) is 5.56 Å². The smallest absolute Gasteiger partial charge is 0.282 e. The average Bonchev–Trinajstić information content (AvgIpc) is 2.37. The second-order valence-electron chi connectivity index (χ2n) is 4.26. The van der Waals surface area contributed by atoms with E-state index in [4.69, 9.17) is 5.73 Å². The Balaban J connectivity index is 2.95. The van der Waals surface area contributed by atoms with E-state index in [-0.39, 0.29) is 0 Å². The minimum Gasteiger partial charge on any atom is -0.399 e. The predicted octanol–water partition coefficient (Wildman–Crippen LogP) is 1.68. The van der Waals surface area contributed by atoms with Gasteiger partial charge in [-0.2, -0.15) is 17.0 Å². The lowest BCUT2D eigenvalue weighted by atomic mass is 10.2. The highest BCUT2D eigenvalue weighted by atomic mass is 32.2. The van der Waals surface area contributed by atoms with Crippen LogP contribution in [0.25, 0.3) is 0 Å². The lowest BCUT2D eigenvalue weighted by molar-refractivity contribution is 0.353. The van der Waals surface area contributed by atoms with Crippen molar-refractivity contribution in [2.75, 3.05) is 25.4 Å². The van der Waals surface area contributed by atoms with Gasteiger partial charge in [-0.3, -0.25) is 0 Å². The summed E-state index contributed by atoms with van der Waals surface area (Å²) in [5.74, 6) is 0. The summed E-state index contributed by atoms with van der Waals surface area (Å²) in [6.45, 7) is 7.27. The summed E-state index contributed by atoms with van der Waals surface area (Å²) in [5, 5.41) is 0. The first-order chi connectivity index (χ1) is 8.95. The molecule has 0 saturated heterocycles. The number of anilines is 1. The van der Waals surface area contributed by atoms with Crippen LogP contribution >= 0.6 is 0 Å². The molecule has 1 rings (SSSR count). The summed E-state index contributed by atoms with van der Waals surface area (Å²) < 4.78 is 27.8. The number of nitrogen functional groups attached to an aromatic ring is 1. The van der Waals surface area contributed by atoms with Crippen LogP contribution in [0.4, 0.5) is 5.69 Å². The van der Waals surface area contributed by atoms with E-state index in [1.54, 1.807) is 12.1 Å². The molecule has 0 amide bonds. The van der Waals surface area contributed by atoms with Crippen LogP contribution in [-0.4, -0.2) is 36.7 Å². The maximum atomic E-state index is 12.4. The van der Waals surface area contributed by atoms with Crippen molar-refractivity contribution < 1.29 is 8.42 Å². The Bertz CT molecular complexity index is 498. The summed E-state index contributed by atoms with van der Waals surface area (Å²) >= 11 is 0. The summed E-state index contributed by atoms with van der Waals surface area (Å²) in [5.41, 5.74) is 7.27. The molecule has 0 unspecified atom stereocenters. The first kappa shape index (κ1) is 15.9. The van der Waals surface area contributed by atoms with E-state index in [2.05, 4.69) is 0 Å². The second-order valence-corrected chi connectivity index (χ2v) is 6.19. The van der Waals surface area contributed by atoms with E-state index >= 15 is 0 Å². The van der Waals surface area contributed by atoms with Gasteiger partial charge in [-0.05, 0) is 17.7 Å². The molecule has 6 heteroatoms. The zero-order chi connectivity index (χ0) is 14.5. The largest absolute Gasteiger partial charge is 0.399 e. The SMILES string of the molecule is CCN(CC)S(=O)(=O)N(CC)Cc1cccc(N)c1. The maximum absolute atomic E-state index is 12.4. The lowest BCUT2D eigenvalue weighted by Crippen LogP contribution is -2.43. The molecule has 0 aromatic heterocycles. The molecule has 1 aromatic rings. The van der Waals surface area contributed by atoms with Gasteiger partial charge in [0.2, 0.25) is 0 Å². The van der Waals surface area contributed by atoms with E-state index in [0.29, 0.717) is 31.9 Å². The molecule has 1 aromatic carbocycles. The number of nitrogens with zero attached hydrogens (tertiary/aromatic N) is 2. The fraction of sp³-hybridized carbons (Fsp3) is 0.538. The van der Waals surface area contributed by atoms with Gasteiger partial charge in [-0.15, -0.1) is 0 Å². The third kappa shape index (κ3) is 3.92. The van der Waals surface area contributed by atoms with E-state index in [1.807, 2.05) is 32.9 Å². The highest BCUT2D eigenvalue weighted by Crippen LogP contribution is 2.15. The first-order valence-electron chi connectivity index (χ1n) is 6.55. The molecular formula is C13H23N3O2S. The summed E-state index contributed by atoms with van der Waals surface area (Å²) in [6, 6.07) is 7.32. The van der Waals surface area contributed by atoms with E-state index in [1.165, 1.54) is 8.61 Å². The summed E-state index contributed by atoms with van der Waals surface area (Å²) in [7, 11) is -3.40. The van der Waals surface area contributed by atoms with Gasteiger partial charge in [0, 0.05) is 31.9 Å². The average molecular weight is 285 g/mol. The van der Waals surface area contributed by atoms with Crippen LogP contribution in [0.5, 0.6) is 0 Å². The predicted molar refractivity (Wildman–Crippen MR) is 78.8 cm³/mol. The number of rotatable bonds is 7. The van der Waals surface area contributed by atoms with Crippen molar-refractivity contribution >= 4 is 15.9 Å². The van der Waals surface area contributed by atoms with Crippen molar-refractivity contribution in [1.82, 2.24) is 8.61 Å². The third-order valence-electron chi connectivity index (χ3n) is 3.02. The van der Waals surface area contributed by atoms with Gasteiger partial charge < -0.3 is 5.73 Å². The molecular weight excluding hydrogens is 262 g/mol. The number of benzene rings is 1. The fourth-order valence-electron chi connectivity index (χ4n) is 1.96. The van der Waals surface area contributed by atoms with E-state index < -0.39 is 10.2 Å². The highest BCUT2D eigenvalue weighted by molar-refractivity contribution is 7.86. The van der Waals surface area contributed by atoms with Crippen molar-refractivity contribution in [3.8, 4) is 0 Å². The molecule has 0 saturated carbocycles. The van der Waals surface area contributed by atoms with Gasteiger partial charge in [-0.25, -0.2) is 0 Å². The maximum Gasteiger partial charge on any atom is 0.282 e. The normalized spacial score (nSPS) is 12.3. The van der Waals surface area contributed by atoms with Gasteiger partial charge in [0.05, 0.1) is 0 Å². The van der Waals surface area contributed by atoms with Crippen molar-refractivity contribution in [3.05, 3.63) is 29.8 Å². The molecule has 0 spiro atoms. The number of nitrogens with two attached hydrogens (primary N) is 1. The van der Waals surface area contributed by atoms with Gasteiger partial charge in [0.15, 0.2) is 0 Å². The van der Waals surface area contributed by atoms with Crippen LogP contribution in [0.1, 0.15) is 26.3 Å². The molecule has 0 aliphatic heterocycles. The quantitative estimate of drug-likeness (QED) is 0.775. The molecule has 0 radical (unpaired) electrons. The molecule has 0 atom stereocenters. The Kier molecular flexibility index (Phi) is 5.78. The van der Waals surface area contributed by atoms with Crippen molar-refractivity contribution in [3.63, 3.8) is 0 Å². The van der Waals surface area contributed by atoms with Gasteiger partial charge in [-0.1, -0.05) is 32.9 Å². The molecule has 0 aliphatic rings.